The average Bonchev–Trinajstić information content (AvgIpc) is 3.11. The van der Waals surface area contributed by atoms with Crippen LogP contribution in [0.5, 0.6) is 11.5 Å². The lowest BCUT2D eigenvalue weighted by molar-refractivity contribution is -0.121. The molecule has 1 N–H and O–H groups in total. The highest BCUT2D eigenvalue weighted by Crippen LogP contribution is 2.35. The van der Waals surface area contributed by atoms with Gasteiger partial charge in [0.2, 0.25) is 0 Å². The first-order chi connectivity index (χ1) is 16.8. The van der Waals surface area contributed by atoms with Crippen molar-refractivity contribution in [1.82, 2.24) is 4.90 Å². The maximum Gasteiger partial charge on any atom is 0.335 e. The summed E-state index contributed by atoms with van der Waals surface area (Å²) >= 11 is 4.64. The second-order valence-corrected chi connectivity index (χ2v) is 9.47. The molecule has 1 fully saturated rings. The van der Waals surface area contributed by atoms with Crippen molar-refractivity contribution >= 4 is 56.5 Å². The molecule has 35 heavy (non-hydrogen) atoms. The van der Waals surface area contributed by atoms with Gasteiger partial charge in [-0.3, -0.25) is 9.69 Å². The van der Waals surface area contributed by atoms with Crippen molar-refractivity contribution in [2.24, 2.45) is 4.99 Å². The predicted molar refractivity (Wildman–Crippen MR) is 140 cm³/mol. The van der Waals surface area contributed by atoms with Crippen molar-refractivity contribution in [3.8, 4) is 11.5 Å². The molecule has 1 saturated heterocycles. The van der Waals surface area contributed by atoms with E-state index in [1.807, 2.05) is 42.5 Å². The Bertz CT molecular complexity index is 1340. The molecule has 1 heterocycles. The highest BCUT2D eigenvalue weighted by atomic mass is 79.9. The normalized spacial score (nSPS) is 15.6. The second kappa shape index (κ2) is 10.8. The topological polar surface area (TPSA) is 88.4 Å². The number of hydrogen-bond acceptors (Lipinski definition) is 6. The van der Waals surface area contributed by atoms with E-state index in [9.17, 15) is 14.7 Å². The third kappa shape index (κ3) is 5.93. The molecule has 0 radical (unpaired) electrons. The van der Waals surface area contributed by atoms with E-state index in [-0.39, 0.29) is 11.5 Å². The van der Waals surface area contributed by atoms with Crippen LogP contribution >= 0.6 is 27.7 Å². The zero-order chi connectivity index (χ0) is 24.9. The number of ether oxygens (including phenoxy) is 2. The molecular weight excluding hydrogens is 532 g/mol. The van der Waals surface area contributed by atoms with E-state index in [1.54, 1.807) is 32.4 Å². The van der Waals surface area contributed by atoms with Crippen LogP contribution in [0.1, 0.15) is 21.5 Å². The highest BCUT2D eigenvalue weighted by molar-refractivity contribution is 9.10. The Labute approximate surface area is 215 Å². The lowest BCUT2D eigenvalue weighted by Gasteiger charge is -2.11. The summed E-state index contributed by atoms with van der Waals surface area (Å²) in [5, 5.41) is 9.65. The summed E-state index contributed by atoms with van der Waals surface area (Å²) in [5.74, 6) is -0.0766. The summed E-state index contributed by atoms with van der Waals surface area (Å²) in [6, 6.07) is 19.6. The van der Waals surface area contributed by atoms with Gasteiger partial charge in [0.25, 0.3) is 5.91 Å². The van der Waals surface area contributed by atoms with Gasteiger partial charge in [0, 0.05) is 11.5 Å². The molecule has 1 aliphatic rings. The Morgan fingerprint density at radius 1 is 1.11 bits per heavy atom. The fraction of sp³-hybridized carbons (Fsp3) is 0.115. The van der Waals surface area contributed by atoms with Crippen LogP contribution in [0, 0.1) is 0 Å². The van der Waals surface area contributed by atoms with E-state index in [0.29, 0.717) is 33.9 Å². The highest BCUT2D eigenvalue weighted by Gasteiger charge is 2.30. The van der Waals surface area contributed by atoms with Gasteiger partial charge in [0.1, 0.15) is 6.61 Å². The summed E-state index contributed by atoms with van der Waals surface area (Å²) in [6.45, 7) is 0.395. The van der Waals surface area contributed by atoms with Gasteiger partial charge in [0.05, 0.1) is 23.3 Å². The summed E-state index contributed by atoms with van der Waals surface area (Å²) < 4.78 is 12.4. The minimum absolute atomic E-state index is 0.133. The van der Waals surface area contributed by atoms with Gasteiger partial charge in [-0.25, -0.2) is 9.79 Å². The van der Waals surface area contributed by atoms with Gasteiger partial charge >= 0.3 is 5.97 Å². The Kier molecular flexibility index (Phi) is 7.57. The zero-order valence-corrected chi connectivity index (χ0v) is 21.3. The van der Waals surface area contributed by atoms with Crippen LogP contribution in [0.15, 0.2) is 81.1 Å². The molecule has 3 aromatic carbocycles. The van der Waals surface area contributed by atoms with Gasteiger partial charge < -0.3 is 14.6 Å². The number of rotatable bonds is 7. The molecule has 0 spiro atoms. The maximum atomic E-state index is 12.8. The number of carbonyl (C=O) groups is 2. The van der Waals surface area contributed by atoms with Crippen LogP contribution in [-0.2, 0) is 11.4 Å². The molecule has 0 aromatic heterocycles. The first kappa shape index (κ1) is 24.6. The van der Waals surface area contributed by atoms with Crippen molar-refractivity contribution in [2.75, 3.05) is 14.2 Å². The number of aliphatic imine (C=N–C) groups is 1. The van der Waals surface area contributed by atoms with Gasteiger partial charge in [-0.15, -0.1) is 0 Å². The Balaban J connectivity index is 1.52. The third-order valence-corrected chi connectivity index (χ3v) is 6.70. The summed E-state index contributed by atoms with van der Waals surface area (Å²) in [4.78, 5) is 30.4. The van der Waals surface area contributed by atoms with Crippen molar-refractivity contribution in [3.05, 3.63) is 92.8 Å². The molecule has 3 aromatic rings. The smallest absolute Gasteiger partial charge is 0.335 e. The Hall–Kier alpha value is -3.56. The molecule has 0 aliphatic carbocycles. The molecule has 1 amide bonds. The van der Waals surface area contributed by atoms with Gasteiger partial charge in [-0.1, -0.05) is 40.2 Å². The number of carboxylic acid groups (broad SMARTS) is 1. The molecule has 4 rings (SSSR count). The number of carbonyl (C=O) groups excluding carboxylic acids is 1. The van der Waals surface area contributed by atoms with Crippen LogP contribution in [0.3, 0.4) is 0 Å². The quantitative estimate of drug-likeness (QED) is 0.363. The number of amides is 1. The number of carboxylic acids is 1. The zero-order valence-electron chi connectivity index (χ0n) is 18.9. The third-order valence-electron chi connectivity index (χ3n) is 5.11. The van der Waals surface area contributed by atoms with Crippen LogP contribution in [0.25, 0.3) is 6.08 Å². The van der Waals surface area contributed by atoms with E-state index in [2.05, 4.69) is 20.9 Å². The Morgan fingerprint density at radius 3 is 2.60 bits per heavy atom. The lowest BCUT2D eigenvalue weighted by Crippen LogP contribution is -2.23. The summed E-state index contributed by atoms with van der Waals surface area (Å²) in [7, 11) is 3.20. The van der Waals surface area contributed by atoms with Crippen LogP contribution in [0.2, 0.25) is 0 Å². The minimum Gasteiger partial charge on any atom is -0.493 e. The summed E-state index contributed by atoms with van der Waals surface area (Å²) in [5.41, 5.74) is 2.39. The fourth-order valence-electron chi connectivity index (χ4n) is 3.26. The number of halogens is 1. The molecular formula is C26H21BrN2O5S. The number of benzene rings is 3. The van der Waals surface area contributed by atoms with Crippen LogP contribution < -0.4 is 9.47 Å². The molecule has 0 bridgehead atoms. The molecule has 1 aliphatic heterocycles. The first-order valence-corrected chi connectivity index (χ1v) is 12.1. The molecule has 0 unspecified atom stereocenters. The number of likely N-dealkylation sites (N-methyl/N-ethyl adjacent to an activating group) is 1. The second-order valence-electron chi connectivity index (χ2n) is 7.55. The van der Waals surface area contributed by atoms with E-state index in [1.165, 1.54) is 28.8 Å². The number of hydrogen-bond donors (Lipinski definition) is 1. The van der Waals surface area contributed by atoms with Crippen LogP contribution in [0.4, 0.5) is 5.69 Å². The predicted octanol–water partition coefficient (Wildman–Crippen LogP) is 5.97. The van der Waals surface area contributed by atoms with Crippen molar-refractivity contribution in [3.63, 3.8) is 0 Å². The van der Waals surface area contributed by atoms with E-state index < -0.39 is 5.97 Å². The first-order valence-electron chi connectivity index (χ1n) is 10.5. The standard InChI is InChI=1S/C26H21BrN2O5S/c1-29-24(30)23(35-26(29)28-20-5-3-4-18(14-20)25(31)32)13-17-8-11-21(22(12-17)33-2)34-15-16-6-9-19(27)10-7-16/h3-14H,15H2,1-2H3,(H,31,32)/b23-13+,28-26?. The van der Waals surface area contributed by atoms with E-state index >= 15 is 0 Å². The van der Waals surface area contributed by atoms with Crippen molar-refractivity contribution in [2.45, 2.75) is 6.61 Å². The lowest BCUT2D eigenvalue weighted by atomic mass is 10.2. The van der Waals surface area contributed by atoms with Gasteiger partial charge in [-0.05, 0) is 71.4 Å². The van der Waals surface area contributed by atoms with Crippen molar-refractivity contribution < 1.29 is 24.2 Å². The number of methoxy groups -OCH3 is 1. The average molecular weight is 553 g/mol. The molecule has 178 valence electrons. The van der Waals surface area contributed by atoms with Crippen molar-refractivity contribution in [1.29, 1.82) is 0 Å². The molecule has 9 heteroatoms. The fourth-order valence-corrected chi connectivity index (χ4v) is 4.51. The van der Waals surface area contributed by atoms with E-state index in [4.69, 9.17) is 9.47 Å². The van der Waals surface area contributed by atoms with Gasteiger partial charge in [0.15, 0.2) is 16.7 Å². The summed E-state index contributed by atoms with van der Waals surface area (Å²) in [6.07, 6.45) is 1.76. The number of thioether (sulfide) groups is 1. The molecule has 0 saturated carbocycles. The maximum absolute atomic E-state index is 12.8. The largest absolute Gasteiger partial charge is 0.493 e. The number of amidine groups is 1. The molecule has 7 nitrogen and oxygen atoms in total. The molecule has 0 atom stereocenters. The minimum atomic E-state index is -1.03. The monoisotopic (exact) mass is 552 g/mol. The van der Waals surface area contributed by atoms with E-state index in [0.717, 1.165) is 15.6 Å². The van der Waals surface area contributed by atoms with Gasteiger partial charge in [-0.2, -0.15) is 0 Å². The number of aromatic carboxylic acids is 1. The Morgan fingerprint density at radius 2 is 1.89 bits per heavy atom. The number of nitrogens with zero attached hydrogens (tertiary/aromatic N) is 2. The SMILES string of the molecule is COc1cc(/C=C2/SC(=Nc3cccc(C(=O)O)c3)N(C)C2=O)ccc1OCc1ccc(Br)cc1. The van der Waals surface area contributed by atoms with Crippen LogP contribution in [-0.4, -0.2) is 41.2 Å².